The maximum atomic E-state index is 5.28. The zero-order valence-electron chi connectivity index (χ0n) is 13.3. The van der Waals surface area contributed by atoms with Crippen molar-refractivity contribution in [3.63, 3.8) is 0 Å². The van der Waals surface area contributed by atoms with Gasteiger partial charge in [-0.05, 0) is 62.0 Å². The van der Waals surface area contributed by atoms with Crippen LogP contribution in [0.25, 0.3) is 0 Å². The molecule has 0 saturated carbocycles. The van der Waals surface area contributed by atoms with Crippen LogP contribution in [0.3, 0.4) is 0 Å². The Morgan fingerprint density at radius 1 is 1.40 bits per heavy atom. The van der Waals surface area contributed by atoms with Gasteiger partial charge in [0.05, 0.1) is 7.11 Å². The zero-order valence-corrected chi connectivity index (χ0v) is 13.3. The largest absolute Gasteiger partial charge is 0.497 e. The van der Waals surface area contributed by atoms with Gasteiger partial charge in [-0.25, -0.2) is 0 Å². The molecule has 2 rings (SSSR count). The molecule has 0 amide bonds. The van der Waals surface area contributed by atoms with E-state index in [0.717, 1.165) is 37.2 Å². The van der Waals surface area contributed by atoms with Crippen LogP contribution in [0.2, 0.25) is 0 Å². The highest BCUT2D eigenvalue weighted by Gasteiger charge is 2.23. The molecule has 0 bridgehead atoms. The second-order valence-electron chi connectivity index (χ2n) is 6.31. The van der Waals surface area contributed by atoms with E-state index in [1.165, 1.54) is 24.2 Å². The molecule has 20 heavy (non-hydrogen) atoms. The minimum absolute atomic E-state index is 0.733. The predicted octanol–water partition coefficient (Wildman–Crippen LogP) is 3.08. The number of benzene rings is 1. The summed E-state index contributed by atoms with van der Waals surface area (Å²) in [5, 5.41) is 3.58. The average Bonchev–Trinajstić information content (AvgIpc) is 2.86. The van der Waals surface area contributed by atoms with Crippen LogP contribution in [0.1, 0.15) is 25.8 Å². The summed E-state index contributed by atoms with van der Waals surface area (Å²) in [6, 6.07) is 6.38. The van der Waals surface area contributed by atoms with Gasteiger partial charge < -0.3 is 15.0 Å². The lowest BCUT2D eigenvalue weighted by atomic mass is 10.1. The van der Waals surface area contributed by atoms with Gasteiger partial charge in [-0.1, -0.05) is 13.8 Å². The van der Waals surface area contributed by atoms with Crippen molar-refractivity contribution in [2.24, 2.45) is 11.8 Å². The molecule has 0 aromatic heterocycles. The first-order valence-electron chi connectivity index (χ1n) is 7.70. The van der Waals surface area contributed by atoms with Crippen molar-refractivity contribution in [2.45, 2.75) is 27.2 Å². The zero-order chi connectivity index (χ0) is 14.5. The van der Waals surface area contributed by atoms with Gasteiger partial charge in [0.2, 0.25) is 0 Å². The number of hydrogen-bond donors (Lipinski definition) is 1. The molecule has 1 aliphatic rings. The first-order valence-corrected chi connectivity index (χ1v) is 7.70. The third-order valence-corrected chi connectivity index (χ3v) is 4.02. The molecule has 1 aromatic carbocycles. The summed E-state index contributed by atoms with van der Waals surface area (Å²) >= 11 is 0. The molecular weight excluding hydrogens is 248 g/mol. The second-order valence-corrected chi connectivity index (χ2v) is 6.31. The summed E-state index contributed by atoms with van der Waals surface area (Å²) < 4.78 is 5.28. The van der Waals surface area contributed by atoms with E-state index in [0.29, 0.717) is 0 Å². The number of aryl methyl sites for hydroxylation is 1. The van der Waals surface area contributed by atoms with Gasteiger partial charge in [0, 0.05) is 18.8 Å². The summed E-state index contributed by atoms with van der Waals surface area (Å²) in [5.74, 6) is 2.45. The highest BCUT2D eigenvalue weighted by Crippen LogP contribution is 2.29. The molecule has 1 unspecified atom stereocenters. The van der Waals surface area contributed by atoms with E-state index in [9.17, 15) is 0 Å². The fourth-order valence-electron chi connectivity index (χ4n) is 2.90. The first kappa shape index (κ1) is 15.2. The highest BCUT2D eigenvalue weighted by molar-refractivity contribution is 5.56. The molecule has 1 atom stereocenters. The maximum Gasteiger partial charge on any atom is 0.119 e. The number of anilines is 1. The smallest absolute Gasteiger partial charge is 0.119 e. The number of rotatable bonds is 6. The van der Waals surface area contributed by atoms with Gasteiger partial charge in [-0.15, -0.1) is 0 Å². The van der Waals surface area contributed by atoms with Crippen LogP contribution in [0.5, 0.6) is 5.75 Å². The number of methoxy groups -OCH3 is 1. The molecule has 1 fully saturated rings. The Kier molecular flexibility index (Phi) is 5.30. The normalized spacial score (nSPS) is 18.9. The minimum Gasteiger partial charge on any atom is -0.497 e. The lowest BCUT2D eigenvalue weighted by Crippen LogP contribution is -2.28. The molecule has 112 valence electrons. The quantitative estimate of drug-likeness (QED) is 0.864. The Morgan fingerprint density at radius 3 is 2.85 bits per heavy atom. The number of ether oxygens (including phenoxy) is 1. The molecule has 3 nitrogen and oxygen atoms in total. The van der Waals surface area contributed by atoms with Crippen LogP contribution in [-0.2, 0) is 0 Å². The molecule has 3 heteroatoms. The predicted molar refractivity (Wildman–Crippen MR) is 85.8 cm³/mol. The number of nitrogens with one attached hydrogen (secondary N) is 1. The van der Waals surface area contributed by atoms with E-state index in [1.807, 2.05) is 0 Å². The van der Waals surface area contributed by atoms with Crippen molar-refractivity contribution in [1.82, 2.24) is 5.32 Å². The van der Waals surface area contributed by atoms with Crippen LogP contribution < -0.4 is 15.0 Å². The highest BCUT2D eigenvalue weighted by atomic mass is 16.5. The van der Waals surface area contributed by atoms with E-state index in [2.05, 4.69) is 49.2 Å². The van der Waals surface area contributed by atoms with Crippen LogP contribution in [0, 0.1) is 18.8 Å². The second kappa shape index (κ2) is 6.98. The standard InChI is InChI=1S/C17H28N2O/c1-13(2)10-18-11-15-7-8-19(12-15)17-6-5-16(20-4)9-14(17)3/h5-6,9,13,15,18H,7-8,10-12H2,1-4H3. The lowest BCUT2D eigenvalue weighted by molar-refractivity contribution is 0.414. The molecule has 1 N–H and O–H groups in total. The Balaban J connectivity index is 1.89. The Labute approximate surface area is 123 Å². The molecule has 1 aliphatic heterocycles. The van der Waals surface area contributed by atoms with Crippen LogP contribution in [0.4, 0.5) is 5.69 Å². The molecule has 1 heterocycles. The van der Waals surface area contributed by atoms with Crippen molar-refractivity contribution < 1.29 is 4.74 Å². The maximum absolute atomic E-state index is 5.28. The lowest BCUT2D eigenvalue weighted by Gasteiger charge is -2.21. The number of hydrogen-bond acceptors (Lipinski definition) is 3. The molecule has 0 spiro atoms. The van der Waals surface area contributed by atoms with Gasteiger partial charge in [0.15, 0.2) is 0 Å². The fraction of sp³-hybridized carbons (Fsp3) is 0.647. The van der Waals surface area contributed by atoms with Crippen molar-refractivity contribution >= 4 is 5.69 Å². The average molecular weight is 276 g/mol. The molecule has 1 saturated heterocycles. The minimum atomic E-state index is 0.733. The van der Waals surface area contributed by atoms with E-state index in [-0.39, 0.29) is 0 Å². The molecule has 1 aromatic rings. The van der Waals surface area contributed by atoms with Crippen molar-refractivity contribution in [2.75, 3.05) is 38.2 Å². The van der Waals surface area contributed by atoms with Crippen molar-refractivity contribution in [1.29, 1.82) is 0 Å². The Bertz CT molecular complexity index is 431. The summed E-state index contributed by atoms with van der Waals surface area (Å²) in [6.07, 6.45) is 1.29. The van der Waals surface area contributed by atoms with Gasteiger partial charge in [0.25, 0.3) is 0 Å². The molecular formula is C17H28N2O. The van der Waals surface area contributed by atoms with Crippen molar-refractivity contribution in [3.8, 4) is 5.75 Å². The summed E-state index contributed by atoms with van der Waals surface area (Å²) in [5.41, 5.74) is 2.66. The van der Waals surface area contributed by atoms with Gasteiger partial charge in [-0.2, -0.15) is 0 Å². The van der Waals surface area contributed by atoms with Crippen LogP contribution in [0.15, 0.2) is 18.2 Å². The van der Waals surface area contributed by atoms with Gasteiger partial charge >= 0.3 is 0 Å². The fourth-order valence-corrected chi connectivity index (χ4v) is 2.90. The first-order chi connectivity index (χ1) is 9.60. The molecule has 0 aliphatic carbocycles. The third kappa shape index (κ3) is 3.89. The van der Waals surface area contributed by atoms with Crippen LogP contribution in [-0.4, -0.2) is 33.3 Å². The summed E-state index contributed by atoms with van der Waals surface area (Å²) in [7, 11) is 1.72. The molecule has 0 radical (unpaired) electrons. The summed E-state index contributed by atoms with van der Waals surface area (Å²) in [4.78, 5) is 2.51. The topological polar surface area (TPSA) is 24.5 Å². The number of nitrogens with zero attached hydrogens (tertiary/aromatic N) is 1. The van der Waals surface area contributed by atoms with E-state index in [4.69, 9.17) is 4.74 Å². The SMILES string of the molecule is COc1ccc(N2CCC(CNCC(C)C)C2)c(C)c1. The van der Waals surface area contributed by atoms with Gasteiger partial charge in [-0.3, -0.25) is 0 Å². The van der Waals surface area contributed by atoms with Gasteiger partial charge in [0.1, 0.15) is 5.75 Å². The summed E-state index contributed by atoms with van der Waals surface area (Å²) in [6.45, 7) is 11.3. The van der Waals surface area contributed by atoms with E-state index >= 15 is 0 Å². The van der Waals surface area contributed by atoms with Crippen molar-refractivity contribution in [3.05, 3.63) is 23.8 Å². The van der Waals surface area contributed by atoms with E-state index < -0.39 is 0 Å². The van der Waals surface area contributed by atoms with Crippen LogP contribution >= 0.6 is 0 Å². The van der Waals surface area contributed by atoms with E-state index in [1.54, 1.807) is 7.11 Å². The Morgan fingerprint density at radius 2 is 2.20 bits per heavy atom. The monoisotopic (exact) mass is 276 g/mol. The third-order valence-electron chi connectivity index (χ3n) is 4.02. The Hall–Kier alpha value is -1.22.